The third-order valence-corrected chi connectivity index (χ3v) is 2.49. The standard InChI is InChI=1S/C12H12N4O4/c17-10-3-7(11(18)19)1-2-9(10)16-12(20)14-5-8-4-13-6-15-8/h1-4,6,17H,5H2,(H,13,15)(H,18,19)(H2,14,16,20). The van der Waals surface area contributed by atoms with E-state index in [0.29, 0.717) is 0 Å². The van der Waals surface area contributed by atoms with Gasteiger partial charge in [-0.25, -0.2) is 14.6 Å². The highest BCUT2D eigenvalue weighted by Gasteiger charge is 2.10. The lowest BCUT2D eigenvalue weighted by Gasteiger charge is -2.08. The molecule has 8 heteroatoms. The predicted octanol–water partition coefficient (Wildman–Crippen LogP) is 1.14. The van der Waals surface area contributed by atoms with Crippen molar-refractivity contribution in [1.29, 1.82) is 0 Å². The fraction of sp³-hybridized carbons (Fsp3) is 0.0833. The minimum absolute atomic E-state index is 0.0640. The average Bonchev–Trinajstić information content (AvgIpc) is 2.91. The molecule has 2 aromatic rings. The molecule has 0 atom stereocenters. The summed E-state index contributed by atoms with van der Waals surface area (Å²) >= 11 is 0. The van der Waals surface area contributed by atoms with Crippen molar-refractivity contribution in [3.8, 4) is 5.75 Å². The van der Waals surface area contributed by atoms with Crippen molar-refractivity contribution in [2.45, 2.75) is 6.54 Å². The van der Waals surface area contributed by atoms with Crippen LogP contribution in [-0.4, -0.2) is 32.2 Å². The number of carboxylic acids is 1. The van der Waals surface area contributed by atoms with Gasteiger partial charge in [0.05, 0.1) is 29.8 Å². The van der Waals surface area contributed by atoms with Crippen molar-refractivity contribution < 1.29 is 19.8 Å². The summed E-state index contributed by atoms with van der Waals surface area (Å²) in [5.74, 6) is -1.47. The second-order valence-corrected chi connectivity index (χ2v) is 3.92. The number of imidazole rings is 1. The normalized spacial score (nSPS) is 10.0. The Hall–Kier alpha value is -3.03. The molecule has 0 spiro atoms. The minimum Gasteiger partial charge on any atom is -0.506 e. The van der Waals surface area contributed by atoms with Crippen LogP contribution >= 0.6 is 0 Å². The number of aromatic carboxylic acids is 1. The quantitative estimate of drug-likeness (QED) is 0.535. The Kier molecular flexibility index (Phi) is 3.85. The molecule has 5 N–H and O–H groups in total. The van der Waals surface area contributed by atoms with Crippen LogP contribution in [0, 0.1) is 0 Å². The molecule has 0 aliphatic rings. The number of nitrogens with zero attached hydrogens (tertiary/aromatic N) is 1. The van der Waals surface area contributed by atoms with Gasteiger partial charge < -0.3 is 25.8 Å². The molecule has 0 bridgehead atoms. The van der Waals surface area contributed by atoms with E-state index in [1.54, 1.807) is 6.20 Å². The Bertz CT molecular complexity index is 624. The maximum atomic E-state index is 11.6. The number of aromatic hydroxyl groups is 1. The van der Waals surface area contributed by atoms with Crippen molar-refractivity contribution >= 4 is 17.7 Å². The SMILES string of the molecule is O=C(NCc1cnc[nH]1)Nc1ccc(C(=O)O)cc1O. The second-order valence-electron chi connectivity index (χ2n) is 3.92. The number of hydrogen-bond donors (Lipinski definition) is 5. The first-order valence-electron chi connectivity index (χ1n) is 5.64. The van der Waals surface area contributed by atoms with Gasteiger partial charge in [-0.05, 0) is 18.2 Å². The number of amides is 2. The first-order valence-corrected chi connectivity index (χ1v) is 5.64. The van der Waals surface area contributed by atoms with E-state index in [2.05, 4.69) is 20.6 Å². The van der Waals surface area contributed by atoms with Crippen molar-refractivity contribution in [1.82, 2.24) is 15.3 Å². The van der Waals surface area contributed by atoms with Gasteiger partial charge in [-0.1, -0.05) is 0 Å². The highest BCUT2D eigenvalue weighted by atomic mass is 16.4. The molecule has 20 heavy (non-hydrogen) atoms. The zero-order valence-corrected chi connectivity index (χ0v) is 10.3. The molecule has 1 aromatic heterocycles. The molecular formula is C12H12N4O4. The lowest BCUT2D eigenvalue weighted by Crippen LogP contribution is -2.28. The van der Waals surface area contributed by atoms with E-state index in [-0.39, 0.29) is 23.5 Å². The minimum atomic E-state index is -1.16. The Morgan fingerprint density at radius 1 is 1.35 bits per heavy atom. The first kappa shape index (κ1) is 13.4. The van der Waals surface area contributed by atoms with Crippen molar-refractivity contribution in [3.05, 3.63) is 42.0 Å². The van der Waals surface area contributed by atoms with E-state index in [1.165, 1.54) is 18.5 Å². The molecule has 0 fully saturated rings. The monoisotopic (exact) mass is 276 g/mol. The summed E-state index contributed by atoms with van der Waals surface area (Å²) in [7, 11) is 0. The number of carboxylic acid groups (broad SMARTS) is 1. The summed E-state index contributed by atoms with van der Waals surface area (Å²) < 4.78 is 0. The number of benzene rings is 1. The number of carbonyl (C=O) groups is 2. The van der Waals surface area contributed by atoms with Gasteiger partial charge in [0.1, 0.15) is 5.75 Å². The lowest BCUT2D eigenvalue weighted by molar-refractivity contribution is 0.0696. The molecule has 1 aromatic carbocycles. The van der Waals surface area contributed by atoms with Gasteiger partial charge in [-0.15, -0.1) is 0 Å². The Balaban J connectivity index is 1.95. The number of aromatic amines is 1. The van der Waals surface area contributed by atoms with E-state index in [0.717, 1.165) is 11.8 Å². The number of nitrogens with one attached hydrogen (secondary N) is 3. The van der Waals surface area contributed by atoms with Gasteiger partial charge in [-0.3, -0.25) is 0 Å². The van der Waals surface area contributed by atoms with Crippen molar-refractivity contribution in [3.63, 3.8) is 0 Å². The van der Waals surface area contributed by atoms with Crippen LogP contribution in [0.15, 0.2) is 30.7 Å². The van der Waals surface area contributed by atoms with Gasteiger partial charge >= 0.3 is 12.0 Å². The first-order chi connectivity index (χ1) is 9.56. The van der Waals surface area contributed by atoms with Gasteiger partial charge in [0, 0.05) is 6.20 Å². The van der Waals surface area contributed by atoms with Crippen LogP contribution < -0.4 is 10.6 Å². The maximum absolute atomic E-state index is 11.6. The maximum Gasteiger partial charge on any atom is 0.335 e. The number of rotatable bonds is 4. The zero-order valence-electron chi connectivity index (χ0n) is 10.3. The lowest BCUT2D eigenvalue weighted by atomic mass is 10.2. The number of H-pyrrole nitrogens is 1. The number of aromatic nitrogens is 2. The number of anilines is 1. The smallest absolute Gasteiger partial charge is 0.335 e. The number of phenolic OH excluding ortho intramolecular Hbond substituents is 1. The third-order valence-electron chi connectivity index (χ3n) is 2.49. The van der Waals surface area contributed by atoms with E-state index >= 15 is 0 Å². The zero-order chi connectivity index (χ0) is 14.5. The van der Waals surface area contributed by atoms with Crippen LogP contribution in [0.2, 0.25) is 0 Å². The average molecular weight is 276 g/mol. The molecule has 0 aliphatic heterocycles. The highest BCUT2D eigenvalue weighted by Crippen LogP contribution is 2.24. The van der Waals surface area contributed by atoms with Gasteiger partial charge in [0.15, 0.2) is 0 Å². The predicted molar refractivity (Wildman–Crippen MR) is 69.5 cm³/mol. The van der Waals surface area contributed by atoms with Crippen LogP contribution in [0.4, 0.5) is 10.5 Å². The number of carbonyl (C=O) groups excluding carboxylic acids is 1. The summed E-state index contributed by atoms with van der Waals surface area (Å²) in [5.41, 5.74) is 0.786. The number of hydrogen-bond acceptors (Lipinski definition) is 4. The molecule has 0 saturated carbocycles. The molecule has 0 saturated heterocycles. The van der Waals surface area contributed by atoms with E-state index in [1.807, 2.05) is 0 Å². The van der Waals surface area contributed by atoms with Crippen LogP contribution in [-0.2, 0) is 6.54 Å². The molecular weight excluding hydrogens is 264 g/mol. The Morgan fingerprint density at radius 2 is 2.15 bits per heavy atom. The van der Waals surface area contributed by atoms with Crippen molar-refractivity contribution in [2.75, 3.05) is 5.32 Å². The Labute approximate surface area is 113 Å². The topological polar surface area (TPSA) is 127 Å². The van der Waals surface area contributed by atoms with Gasteiger partial charge in [0.25, 0.3) is 0 Å². The largest absolute Gasteiger partial charge is 0.506 e. The molecule has 2 rings (SSSR count). The summed E-state index contributed by atoms with van der Waals surface area (Å²) in [6, 6.07) is 3.13. The van der Waals surface area contributed by atoms with Gasteiger partial charge in [0.2, 0.25) is 0 Å². The summed E-state index contributed by atoms with van der Waals surface area (Å²) in [6.45, 7) is 0.250. The molecule has 2 amide bonds. The van der Waals surface area contributed by atoms with Crippen LogP contribution in [0.5, 0.6) is 5.75 Å². The summed E-state index contributed by atoms with van der Waals surface area (Å²) in [4.78, 5) is 28.9. The fourth-order valence-electron chi connectivity index (χ4n) is 1.49. The van der Waals surface area contributed by atoms with Gasteiger partial charge in [-0.2, -0.15) is 0 Å². The highest BCUT2D eigenvalue weighted by molar-refractivity contribution is 5.93. The molecule has 8 nitrogen and oxygen atoms in total. The van der Waals surface area contributed by atoms with Crippen LogP contribution in [0.25, 0.3) is 0 Å². The molecule has 0 aliphatic carbocycles. The summed E-state index contributed by atoms with van der Waals surface area (Å²) in [6.07, 6.45) is 3.06. The third kappa shape index (κ3) is 3.25. The fourth-order valence-corrected chi connectivity index (χ4v) is 1.49. The van der Waals surface area contributed by atoms with Crippen LogP contribution in [0.3, 0.4) is 0 Å². The molecule has 1 heterocycles. The van der Waals surface area contributed by atoms with E-state index in [9.17, 15) is 14.7 Å². The Morgan fingerprint density at radius 3 is 2.75 bits per heavy atom. The second kappa shape index (κ2) is 5.74. The van der Waals surface area contributed by atoms with E-state index < -0.39 is 12.0 Å². The number of phenols is 1. The van der Waals surface area contributed by atoms with E-state index in [4.69, 9.17) is 5.11 Å². The number of urea groups is 1. The molecule has 104 valence electrons. The molecule has 0 radical (unpaired) electrons. The van der Waals surface area contributed by atoms with Crippen LogP contribution in [0.1, 0.15) is 16.1 Å². The van der Waals surface area contributed by atoms with Crippen molar-refractivity contribution in [2.24, 2.45) is 0 Å². The summed E-state index contributed by atoms with van der Waals surface area (Å²) in [5, 5.41) is 23.3. The molecule has 0 unspecified atom stereocenters.